The molecule has 2 aliphatic rings. The number of piperidine rings is 1. The minimum absolute atomic E-state index is 0.816. The van der Waals surface area contributed by atoms with E-state index in [2.05, 4.69) is 16.8 Å². The number of hydrogen-bond acceptors (Lipinski definition) is 3. The highest BCUT2D eigenvalue weighted by atomic mass is 15.2. The van der Waals surface area contributed by atoms with Crippen molar-refractivity contribution in [2.24, 2.45) is 5.73 Å². The highest BCUT2D eigenvalue weighted by Crippen LogP contribution is 2.24. The number of nitrogens with zero attached hydrogens (tertiary/aromatic N) is 2. The Hall–Kier alpha value is -0.120. The summed E-state index contributed by atoms with van der Waals surface area (Å²) in [5, 5.41) is 0. The molecule has 1 heterocycles. The Balaban J connectivity index is 1.77. The van der Waals surface area contributed by atoms with Gasteiger partial charge in [0.1, 0.15) is 0 Å². The zero-order valence-corrected chi connectivity index (χ0v) is 12.1. The van der Waals surface area contributed by atoms with E-state index in [9.17, 15) is 0 Å². The molecular weight excluding hydrogens is 222 g/mol. The molecule has 0 bridgehead atoms. The van der Waals surface area contributed by atoms with Gasteiger partial charge < -0.3 is 10.6 Å². The van der Waals surface area contributed by atoms with Gasteiger partial charge >= 0.3 is 0 Å². The molecule has 1 saturated carbocycles. The second-order valence-corrected chi connectivity index (χ2v) is 6.18. The Bertz CT molecular complexity index is 226. The molecule has 2 rings (SSSR count). The quantitative estimate of drug-likeness (QED) is 0.786. The molecule has 0 radical (unpaired) electrons. The Labute approximate surface area is 113 Å². The van der Waals surface area contributed by atoms with Crippen LogP contribution in [0.1, 0.15) is 51.4 Å². The minimum atomic E-state index is 0.816. The van der Waals surface area contributed by atoms with Gasteiger partial charge in [-0.3, -0.25) is 4.90 Å². The first-order valence-corrected chi connectivity index (χ1v) is 7.95. The summed E-state index contributed by atoms with van der Waals surface area (Å²) in [7, 11) is 2.30. The molecule has 1 saturated heterocycles. The monoisotopic (exact) mass is 253 g/mol. The summed E-state index contributed by atoms with van der Waals surface area (Å²) in [5.74, 6) is 0. The second kappa shape index (κ2) is 7.46. The van der Waals surface area contributed by atoms with E-state index >= 15 is 0 Å². The number of nitrogens with two attached hydrogens (primary N) is 1. The van der Waals surface area contributed by atoms with E-state index in [1.807, 2.05) is 0 Å². The lowest BCUT2D eigenvalue weighted by molar-refractivity contribution is 0.137. The molecule has 1 aliphatic carbocycles. The number of likely N-dealkylation sites (tertiary alicyclic amines) is 1. The molecule has 0 aromatic heterocycles. The van der Waals surface area contributed by atoms with Crippen molar-refractivity contribution in [1.29, 1.82) is 0 Å². The van der Waals surface area contributed by atoms with E-state index in [1.54, 1.807) is 0 Å². The average Bonchev–Trinajstić information content (AvgIpc) is 2.90. The highest BCUT2D eigenvalue weighted by Gasteiger charge is 2.24. The summed E-state index contributed by atoms with van der Waals surface area (Å²) in [6.07, 6.45) is 11.2. The summed E-state index contributed by atoms with van der Waals surface area (Å²) in [6.45, 7) is 4.47. The molecule has 0 aromatic rings. The second-order valence-electron chi connectivity index (χ2n) is 6.18. The van der Waals surface area contributed by atoms with E-state index in [-0.39, 0.29) is 0 Å². The van der Waals surface area contributed by atoms with Gasteiger partial charge in [0, 0.05) is 25.2 Å². The van der Waals surface area contributed by atoms with E-state index in [0.717, 1.165) is 25.2 Å². The first-order valence-electron chi connectivity index (χ1n) is 7.95. The third kappa shape index (κ3) is 3.94. The first-order chi connectivity index (χ1) is 8.81. The van der Waals surface area contributed by atoms with Crippen LogP contribution in [0.25, 0.3) is 0 Å². The van der Waals surface area contributed by atoms with Crippen LogP contribution in [0.2, 0.25) is 0 Å². The van der Waals surface area contributed by atoms with Gasteiger partial charge in [-0.2, -0.15) is 0 Å². The third-order valence-corrected chi connectivity index (χ3v) is 4.93. The Morgan fingerprint density at radius 1 is 1.06 bits per heavy atom. The smallest absolute Gasteiger partial charge is 0.0108 e. The lowest BCUT2D eigenvalue weighted by Gasteiger charge is -2.35. The molecule has 0 spiro atoms. The number of hydrogen-bond donors (Lipinski definition) is 1. The predicted octanol–water partition coefficient (Wildman–Crippen LogP) is 2.06. The zero-order valence-electron chi connectivity index (χ0n) is 12.1. The van der Waals surface area contributed by atoms with E-state index in [1.165, 1.54) is 64.5 Å². The van der Waals surface area contributed by atoms with Crippen molar-refractivity contribution in [3.05, 3.63) is 0 Å². The first kappa shape index (κ1) is 14.3. The molecule has 1 unspecified atom stereocenters. The van der Waals surface area contributed by atoms with Gasteiger partial charge in [0.05, 0.1) is 0 Å². The molecule has 2 fully saturated rings. The van der Waals surface area contributed by atoms with E-state index in [0.29, 0.717) is 0 Å². The van der Waals surface area contributed by atoms with Crippen LogP contribution in [-0.4, -0.2) is 55.1 Å². The van der Waals surface area contributed by atoms with Crippen molar-refractivity contribution >= 4 is 0 Å². The summed E-state index contributed by atoms with van der Waals surface area (Å²) >= 11 is 0. The molecular formula is C15H31N3. The van der Waals surface area contributed by atoms with Gasteiger partial charge in [-0.05, 0) is 52.2 Å². The topological polar surface area (TPSA) is 32.5 Å². The number of rotatable bonds is 6. The molecule has 18 heavy (non-hydrogen) atoms. The Morgan fingerprint density at radius 3 is 2.44 bits per heavy atom. The lowest BCUT2D eigenvalue weighted by Crippen LogP contribution is -2.42. The fourth-order valence-electron chi connectivity index (χ4n) is 3.74. The molecule has 0 aromatic carbocycles. The summed E-state index contributed by atoms with van der Waals surface area (Å²) in [6, 6.07) is 1.66. The van der Waals surface area contributed by atoms with Gasteiger partial charge in [-0.1, -0.05) is 19.3 Å². The third-order valence-electron chi connectivity index (χ3n) is 4.93. The highest BCUT2D eigenvalue weighted by molar-refractivity contribution is 4.81. The van der Waals surface area contributed by atoms with Crippen molar-refractivity contribution in [2.45, 2.75) is 63.5 Å². The van der Waals surface area contributed by atoms with Gasteiger partial charge in [0.25, 0.3) is 0 Å². The molecule has 1 aliphatic heterocycles. The van der Waals surface area contributed by atoms with Crippen LogP contribution in [0.3, 0.4) is 0 Å². The van der Waals surface area contributed by atoms with Crippen LogP contribution in [0, 0.1) is 0 Å². The normalized spacial score (nSPS) is 27.2. The summed E-state index contributed by atoms with van der Waals surface area (Å²) in [5.41, 5.74) is 5.78. The van der Waals surface area contributed by atoms with Crippen LogP contribution in [0.5, 0.6) is 0 Å². The fraction of sp³-hybridized carbons (Fsp3) is 1.00. The molecule has 106 valence electrons. The van der Waals surface area contributed by atoms with Crippen LogP contribution >= 0.6 is 0 Å². The van der Waals surface area contributed by atoms with Crippen molar-refractivity contribution in [1.82, 2.24) is 9.80 Å². The van der Waals surface area contributed by atoms with Crippen molar-refractivity contribution in [3.8, 4) is 0 Å². The van der Waals surface area contributed by atoms with Gasteiger partial charge in [-0.25, -0.2) is 0 Å². The van der Waals surface area contributed by atoms with Crippen LogP contribution in [-0.2, 0) is 0 Å². The largest absolute Gasteiger partial charge is 0.329 e. The van der Waals surface area contributed by atoms with Gasteiger partial charge in [0.15, 0.2) is 0 Å². The predicted molar refractivity (Wildman–Crippen MR) is 77.8 cm³/mol. The summed E-state index contributed by atoms with van der Waals surface area (Å²) < 4.78 is 0. The molecule has 2 N–H and O–H groups in total. The maximum Gasteiger partial charge on any atom is 0.0108 e. The Kier molecular flexibility index (Phi) is 5.93. The minimum Gasteiger partial charge on any atom is -0.329 e. The van der Waals surface area contributed by atoms with Crippen molar-refractivity contribution in [3.63, 3.8) is 0 Å². The standard InChI is InChI=1S/C15H31N3/c1-17-11-5-4-6-14(17)9-12-18(13-10-16)15-7-2-3-8-15/h14-15H,2-13,16H2,1H3. The average molecular weight is 253 g/mol. The van der Waals surface area contributed by atoms with E-state index in [4.69, 9.17) is 5.73 Å². The van der Waals surface area contributed by atoms with Gasteiger partial charge in [-0.15, -0.1) is 0 Å². The van der Waals surface area contributed by atoms with Crippen molar-refractivity contribution in [2.75, 3.05) is 33.2 Å². The SMILES string of the molecule is CN1CCCCC1CCN(CCN)C1CCCC1. The molecule has 3 nitrogen and oxygen atoms in total. The maximum atomic E-state index is 5.78. The zero-order chi connectivity index (χ0) is 12.8. The summed E-state index contributed by atoms with van der Waals surface area (Å²) in [4.78, 5) is 5.24. The maximum absolute atomic E-state index is 5.78. The van der Waals surface area contributed by atoms with Crippen LogP contribution in [0.4, 0.5) is 0 Å². The molecule has 0 amide bonds. The van der Waals surface area contributed by atoms with Crippen LogP contribution < -0.4 is 5.73 Å². The van der Waals surface area contributed by atoms with E-state index < -0.39 is 0 Å². The lowest BCUT2D eigenvalue weighted by atomic mass is 9.99. The van der Waals surface area contributed by atoms with Crippen molar-refractivity contribution < 1.29 is 0 Å². The fourth-order valence-corrected chi connectivity index (χ4v) is 3.74. The molecule has 1 atom stereocenters. The van der Waals surface area contributed by atoms with Gasteiger partial charge in [0.2, 0.25) is 0 Å². The van der Waals surface area contributed by atoms with Crippen LogP contribution in [0.15, 0.2) is 0 Å². The Morgan fingerprint density at radius 2 is 1.78 bits per heavy atom. The molecule has 3 heteroatoms.